The van der Waals surface area contributed by atoms with Crippen molar-refractivity contribution in [3.8, 4) is 32.4 Å². The molecule has 0 aromatic carbocycles. The molecule has 0 aliphatic rings. The van der Waals surface area contributed by atoms with E-state index in [1.54, 1.807) is 23.7 Å². The number of hydrogen-bond donors (Lipinski definition) is 0. The average molecular weight is 384 g/mol. The van der Waals surface area contributed by atoms with Crippen molar-refractivity contribution >= 4 is 22.4 Å². The Bertz CT molecular complexity index is 1270. The lowest BCUT2D eigenvalue weighted by Gasteiger charge is -2.00. The summed E-state index contributed by atoms with van der Waals surface area (Å²) in [6.45, 7) is 2.02. The van der Waals surface area contributed by atoms with Gasteiger partial charge in [-0.25, -0.2) is 14.6 Å². The highest BCUT2D eigenvalue weighted by Gasteiger charge is 2.16. The van der Waals surface area contributed by atoms with E-state index in [2.05, 4.69) is 21.1 Å². The summed E-state index contributed by atoms with van der Waals surface area (Å²) in [5.41, 5.74) is 5.59. The molecule has 5 heterocycles. The van der Waals surface area contributed by atoms with Crippen molar-refractivity contribution in [3.63, 3.8) is 0 Å². The molecule has 5 aromatic heterocycles. The summed E-state index contributed by atoms with van der Waals surface area (Å²) >= 11 is 1.63. The topological polar surface area (TPSA) is 69.4 Å². The molecule has 0 aliphatic carbocycles. The Kier molecular flexibility index (Phi) is 3.95. The van der Waals surface area contributed by atoms with E-state index in [-0.39, 0.29) is 0 Å². The number of fused-ring (bicyclic) bond motifs is 1. The normalized spacial score (nSPS) is 11.2. The Labute approximate surface area is 165 Å². The van der Waals surface area contributed by atoms with Gasteiger partial charge in [-0.15, -0.1) is 11.3 Å². The van der Waals surface area contributed by atoms with Gasteiger partial charge >= 0.3 is 0 Å². The van der Waals surface area contributed by atoms with E-state index in [4.69, 9.17) is 9.97 Å². The molecule has 5 aromatic rings. The third-order valence-electron chi connectivity index (χ3n) is 4.56. The first-order valence-corrected chi connectivity index (χ1v) is 9.65. The molecule has 5 rings (SSSR count). The van der Waals surface area contributed by atoms with Crippen LogP contribution in [0.2, 0.25) is 0 Å². The molecule has 0 radical (unpaired) electrons. The first kappa shape index (κ1) is 16.7. The highest BCUT2D eigenvalue weighted by Crippen LogP contribution is 2.35. The fourth-order valence-corrected chi connectivity index (χ4v) is 4.25. The highest BCUT2D eigenvalue weighted by atomic mass is 32.1. The summed E-state index contributed by atoms with van der Waals surface area (Å²) in [6, 6.07) is 12.0. The number of thiazole rings is 1. The summed E-state index contributed by atoms with van der Waals surface area (Å²) < 4.78 is 1.82. The molecular formula is C21H16N6S. The quantitative estimate of drug-likeness (QED) is 0.457. The SMILES string of the molecule is Cc1nc(-c2cccnc2)sc1-c1ccc2c(-c3cccnc3)nn(C)c2n1. The van der Waals surface area contributed by atoms with E-state index in [1.807, 2.05) is 61.4 Å². The predicted molar refractivity (Wildman–Crippen MR) is 111 cm³/mol. The minimum atomic E-state index is 0.840. The van der Waals surface area contributed by atoms with Crippen molar-refractivity contribution in [2.75, 3.05) is 0 Å². The first-order valence-electron chi connectivity index (χ1n) is 8.83. The molecule has 6 nitrogen and oxygen atoms in total. The van der Waals surface area contributed by atoms with Crippen LogP contribution in [0.15, 0.2) is 61.2 Å². The van der Waals surface area contributed by atoms with Gasteiger partial charge in [0, 0.05) is 48.3 Å². The minimum Gasteiger partial charge on any atom is -0.264 e. The maximum atomic E-state index is 4.89. The van der Waals surface area contributed by atoms with Crippen LogP contribution in [0.4, 0.5) is 0 Å². The Morgan fingerprint density at radius 2 is 1.64 bits per heavy atom. The van der Waals surface area contributed by atoms with Crippen molar-refractivity contribution in [1.82, 2.24) is 29.7 Å². The van der Waals surface area contributed by atoms with Gasteiger partial charge in [0.05, 0.1) is 16.3 Å². The largest absolute Gasteiger partial charge is 0.264 e. The van der Waals surface area contributed by atoms with Crippen molar-refractivity contribution in [2.24, 2.45) is 7.05 Å². The van der Waals surface area contributed by atoms with Gasteiger partial charge in [0.2, 0.25) is 0 Å². The van der Waals surface area contributed by atoms with Gasteiger partial charge in [0.25, 0.3) is 0 Å². The minimum absolute atomic E-state index is 0.840. The lowest BCUT2D eigenvalue weighted by Crippen LogP contribution is -1.93. The van der Waals surface area contributed by atoms with Crippen LogP contribution in [-0.4, -0.2) is 29.7 Å². The van der Waals surface area contributed by atoms with E-state index < -0.39 is 0 Å². The van der Waals surface area contributed by atoms with Crippen LogP contribution in [0.25, 0.3) is 43.4 Å². The molecule has 0 bridgehead atoms. The van der Waals surface area contributed by atoms with Gasteiger partial charge in [-0.05, 0) is 43.3 Å². The van der Waals surface area contributed by atoms with Gasteiger partial charge in [-0.2, -0.15) is 5.10 Å². The average Bonchev–Trinajstić information content (AvgIpc) is 3.29. The van der Waals surface area contributed by atoms with Crippen molar-refractivity contribution in [1.29, 1.82) is 0 Å². The lowest BCUT2D eigenvalue weighted by atomic mass is 10.1. The number of aromatic nitrogens is 6. The van der Waals surface area contributed by atoms with E-state index >= 15 is 0 Å². The zero-order chi connectivity index (χ0) is 19.1. The lowest BCUT2D eigenvalue weighted by molar-refractivity contribution is 0.790. The molecule has 0 saturated heterocycles. The number of nitrogens with zero attached hydrogens (tertiary/aromatic N) is 6. The standard InChI is InChI=1S/C21H16N6S/c1-13-19(28-21(24-13)15-6-4-10-23-12-15)17-8-7-16-18(14-5-3-9-22-11-14)26-27(2)20(16)25-17/h3-12H,1-2H3. The van der Waals surface area contributed by atoms with E-state index in [0.717, 1.165) is 49.1 Å². The van der Waals surface area contributed by atoms with Crippen molar-refractivity contribution in [3.05, 3.63) is 66.9 Å². The Hall–Kier alpha value is -3.45. The van der Waals surface area contributed by atoms with Gasteiger partial charge in [0.1, 0.15) is 10.7 Å². The molecule has 0 unspecified atom stereocenters. The van der Waals surface area contributed by atoms with Crippen LogP contribution in [-0.2, 0) is 7.05 Å². The second-order valence-electron chi connectivity index (χ2n) is 6.46. The van der Waals surface area contributed by atoms with Gasteiger partial charge < -0.3 is 0 Å². The summed E-state index contributed by atoms with van der Waals surface area (Å²) in [6.07, 6.45) is 7.18. The van der Waals surface area contributed by atoms with Crippen LogP contribution < -0.4 is 0 Å². The van der Waals surface area contributed by atoms with Gasteiger partial charge in [0.15, 0.2) is 5.65 Å². The van der Waals surface area contributed by atoms with E-state index in [9.17, 15) is 0 Å². The monoisotopic (exact) mass is 384 g/mol. The highest BCUT2D eigenvalue weighted by molar-refractivity contribution is 7.18. The molecule has 0 aliphatic heterocycles. The van der Waals surface area contributed by atoms with Crippen LogP contribution in [0.5, 0.6) is 0 Å². The Balaban J connectivity index is 1.62. The molecular weight excluding hydrogens is 368 g/mol. The molecule has 7 heteroatoms. The first-order chi connectivity index (χ1) is 13.7. The second-order valence-corrected chi connectivity index (χ2v) is 7.46. The Morgan fingerprint density at radius 3 is 2.36 bits per heavy atom. The summed E-state index contributed by atoms with van der Waals surface area (Å²) in [4.78, 5) is 19.1. The number of hydrogen-bond acceptors (Lipinski definition) is 6. The molecule has 0 atom stereocenters. The summed E-state index contributed by atoms with van der Waals surface area (Å²) in [7, 11) is 1.92. The van der Waals surface area contributed by atoms with Crippen LogP contribution in [0.3, 0.4) is 0 Å². The molecule has 0 N–H and O–H groups in total. The molecule has 28 heavy (non-hydrogen) atoms. The molecule has 0 spiro atoms. The third kappa shape index (κ3) is 2.76. The predicted octanol–water partition coefficient (Wildman–Crippen LogP) is 4.52. The number of pyridine rings is 3. The molecule has 0 amide bonds. The smallest absolute Gasteiger partial charge is 0.158 e. The Morgan fingerprint density at radius 1 is 0.893 bits per heavy atom. The summed E-state index contributed by atoms with van der Waals surface area (Å²) in [5.74, 6) is 0. The zero-order valence-corrected chi connectivity index (χ0v) is 16.2. The molecule has 136 valence electrons. The summed E-state index contributed by atoms with van der Waals surface area (Å²) in [5, 5.41) is 6.62. The number of rotatable bonds is 3. The van der Waals surface area contributed by atoms with Gasteiger partial charge in [-0.3, -0.25) is 9.97 Å². The third-order valence-corrected chi connectivity index (χ3v) is 5.79. The molecule has 0 fully saturated rings. The zero-order valence-electron chi connectivity index (χ0n) is 15.4. The maximum absolute atomic E-state index is 4.89. The maximum Gasteiger partial charge on any atom is 0.158 e. The van der Waals surface area contributed by atoms with Crippen molar-refractivity contribution in [2.45, 2.75) is 6.92 Å². The van der Waals surface area contributed by atoms with Crippen LogP contribution in [0.1, 0.15) is 5.69 Å². The van der Waals surface area contributed by atoms with Crippen molar-refractivity contribution < 1.29 is 0 Å². The van der Waals surface area contributed by atoms with E-state index in [1.165, 1.54) is 0 Å². The molecule has 0 saturated carbocycles. The van der Waals surface area contributed by atoms with Crippen LogP contribution in [0, 0.1) is 6.92 Å². The van der Waals surface area contributed by atoms with Gasteiger partial charge in [-0.1, -0.05) is 0 Å². The fraction of sp³-hybridized carbons (Fsp3) is 0.0952. The number of aryl methyl sites for hydroxylation is 2. The second kappa shape index (κ2) is 6.61. The van der Waals surface area contributed by atoms with Crippen LogP contribution >= 0.6 is 11.3 Å². The van der Waals surface area contributed by atoms with E-state index in [0.29, 0.717) is 0 Å². The fourth-order valence-electron chi connectivity index (χ4n) is 3.22.